The van der Waals surface area contributed by atoms with Crippen molar-refractivity contribution < 1.29 is 18.0 Å². The number of nitrogens with zero attached hydrogens (tertiary/aromatic N) is 1. The smallest absolute Gasteiger partial charge is 0.348 e. The second-order valence-electron chi connectivity index (χ2n) is 7.84. The number of aromatic nitrogens is 1. The Kier molecular flexibility index (Phi) is 8.90. The second-order valence-corrected chi connectivity index (χ2v) is 9.96. The largest absolute Gasteiger partial charge is 0.395 e. The van der Waals surface area contributed by atoms with Crippen molar-refractivity contribution in [2.45, 2.75) is 37.9 Å². The topological polar surface area (TPSA) is 42.0 Å². The molecule has 0 saturated heterocycles. The van der Waals surface area contributed by atoms with Crippen molar-refractivity contribution in [2.24, 2.45) is 0 Å². The summed E-state index contributed by atoms with van der Waals surface area (Å²) in [4.78, 5) is 16.5. The SMILES string of the molecule is CC(CC(c1cc(Cl)cc(Cl)c1)C(F)(F)F)c1ccc(C(=O)NCc2ccc(Cl)nc2)c(Br)c1. The Bertz CT molecular complexity index is 1150. The van der Waals surface area contributed by atoms with Gasteiger partial charge in [-0.3, -0.25) is 4.79 Å². The average molecular weight is 595 g/mol. The second kappa shape index (κ2) is 11.3. The summed E-state index contributed by atoms with van der Waals surface area (Å²) in [5.74, 6) is -2.53. The number of halogens is 7. The first-order valence-corrected chi connectivity index (χ1v) is 12.1. The van der Waals surface area contributed by atoms with Crippen LogP contribution >= 0.6 is 50.7 Å². The van der Waals surface area contributed by atoms with E-state index in [0.29, 0.717) is 20.8 Å². The average Bonchev–Trinajstić information content (AvgIpc) is 2.75. The molecule has 1 N–H and O–H groups in total. The molecule has 180 valence electrons. The molecule has 0 spiro atoms. The summed E-state index contributed by atoms with van der Waals surface area (Å²) in [6.45, 7) is 1.96. The van der Waals surface area contributed by atoms with E-state index in [0.717, 1.165) is 5.56 Å². The molecule has 2 atom stereocenters. The van der Waals surface area contributed by atoms with Gasteiger partial charge in [-0.2, -0.15) is 13.2 Å². The van der Waals surface area contributed by atoms with Gasteiger partial charge in [-0.25, -0.2) is 4.98 Å². The summed E-state index contributed by atoms with van der Waals surface area (Å²) >= 11 is 21.0. The van der Waals surface area contributed by atoms with Crippen molar-refractivity contribution in [1.29, 1.82) is 0 Å². The summed E-state index contributed by atoms with van der Waals surface area (Å²) in [7, 11) is 0. The first-order valence-electron chi connectivity index (χ1n) is 10.1. The van der Waals surface area contributed by atoms with Crippen LogP contribution in [0.1, 0.15) is 52.2 Å². The molecular formula is C24H19BrCl3F3N2O. The number of amides is 1. The Labute approximate surface area is 218 Å². The van der Waals surface area contributed by atoms with E-state index in [9.17, 15) is 18.0 Å². The Hall–Kier alpha value is -1.80. The van der Waals surface area contributed by atoms with Crippen molar-refractivity contribution in [2.75, 3.05) is 0 Å². The zero-order valence-corrected chi connectivity index (χ0v) is 21.6. The molecule has 0 bridgehead atoms. The number of alkyl halides is 3. The third kappa shape index (κ3) is 7.11. The van der Waals surface area contributed by atoms with E-state index in [2.05, 4.69) is 26.2 Å². The Morgan fingerprint density at radius 1 is 1.03 bits per heavy atom. The van der Waals surface area contributed by atoms with E-state index < -0.39 is 18.0 Å². The lowest BCUT2D eigenvalue weighted by atomic mass is 9.85. The quantitative estimate of drug-likeness (QED) is 0.279. The van der Waals surface area contributed by atoms with Crippen LogP contribution in [0.4, 0.5) is 13.2 Å². The minimum Gasteiger partial charge on any atom is -0.348 e. The molecule has 2 aromatic carbocycles. The van der Waals surface area contributed by atoms with Crippen LogP contribution in [0.3, 0.4) is 0 Å². The van der Waals surface area contributed by atoms with Gasteiger partial charge < -0.3 is 5.32 Å². The van der Waals surface area contributed by atoms with Crippen molar-refractivity contribution in [1.82, 2.24) is 10.3 Å². The summed E-state index contributed by atoms with van der Waals surface area (Å²) in [6, 6.07) is 12.3. The number of benzene rings is 2. The van der Waals surface area contributed by atoms with Gasteiger partial charge in [0.1, 0.15) is 5.15 Å². The summed E-state index contributed by atoms with van der Waals surface area (Å²) in [6.07, 6.45) is -3.12. The van der Waals surface area contributed by atoms with Gasteiger partial charge in [0.05, 0.1) is 11.5 Å². The molecule has 34 heavy (non-hydrogen) atoms. The molecule has 0 saturated carbocycles. The van der Waals surface area contributed by atoms with Crippen LogP contribution in [-0.4, -0.2) is 17.1 Å². The number of pyridine rings is 1. The van der Waals surface area contributed by atoms with Gasteiger partial charge in [-0.05, 0) is 81.4 Å². The molecule has 0 fully saturated rings. The predicted octanol–water partition coefficient (Wildman–Crippen LogP) is 8.57. The van der Waals surface area contributed by atoms with Crippen molar-refractivity contribution in [3.8, 4) is 0 Å². The fourth-order valence-corrected chi connectivity index (χ4v) is 4.77. The van der Waals surface area contributed by atoms with Gasteiger partial charge in [0.25, 0.3) is 5.91 Å². The molecule has 10 heteroatoms. The van der Waals surface area contributed by atoms with Gasteiger partial charge in [-0.15, -0.1) is 0 Å². The predicted molar refractivity (Wildman–Crippen MR) is 133 cm³/mol. The normalized spacial score (nSPS) is 13.4. The Morgan fingerprint density at radius 2 is 1.71 bits per heavy atom. The lowest BCUT2D eigenvalue weighted by molar-refractivity contribution is -0.152. The molecule has 1 aromatic heterocycles. The van der Waals surface area contributed by atoms with Crippen LogP contribution in [0.25, 0.3) is 0 Å². The van der Waals surface area contributed by atoms with Crippen LogP contribution in [0, 0.1) is 0 Å². The Morgan fingerprint density at radius 3 is 2.26 bits per heavy atom. The zero-order valence-electron chi connectivity index (χ0n) is 17.8. The molecule has 0 aliphatic heterocycles. The van der Waals surface area contributed by atoms with Crippen molar-refractivity contribution in [3.63, 3.8) is 0 Å². The zero-order chi connectivity index (χ0) is 25.0. The minimum absolute atomic E-state index is 0.0172. The van der Waals surface area contributed by atoms with Crippen molar-refractivity contribution >= 4 is 56.6 Å². The van der Waals surface area contributed by atoms with Gasteiger partial charge in [0, 0.05) is 27.3 Å². The first kappa shape index (κ1) is 26.8. The standard InChI is InChI=1S/C24H19BrCl3F3N2O/c1-13(6-20(24(29,30)31)16-7-17(26)10-18(27)8-16)15-3-4-19(21(25)9-15)23(34)33-12-14-2-5-22(28)32-11-14/h2-5,7-11,13,20H,6,12H2,1H3,(H,33,34). The summed E-state index contributed by atoms with van der Waals surface area (Å²) in [5.41, 5.74) is 1.82. The van der Waals surface area contributed by atoms with E-state index in [1.165, 1.54) is 18.2 Å². The number of rotatable bonds is 7. The third-order valence-electron chi connectivity index (χ3n) is 5.32. The minimum atomic E-state index is -4.48. The molecule has 1 heterocycles. The third-order valence-corrected chi connectivity index (χ3v) is 6.64. The molecule has 1 amide bonds. The molecule has 2 unspecified atom stereocenters. The molecule has 3 aromatic rings. The van der Waals surface area contributed by atoms with E-state index in [1.807, 2.05) is 0 Å². The van der Waals surface area contributed by atoms with E-state index in [-0.39, 0.29) is 34.5 Å². The number of hydrogen-bond acceptors (Lipinski definition) is 2. The maximum Gasteiger partial charge on any atom is 0.395 e. The van der Waals surface area contributed by atoms with E-state index in [1.54, 1.807) is 43.5 Å². The van der Waals surface area contributed by atoms with Gasteiger partial charge in [0.15, 0.2) is 0 Å². The molecule has 3 rings (SSSR count). The first-order chi connectivity index (χ1) is 15.9. The Balaban J connectivity index is 1.74. The number of carbonyl (C=O) groups is 1. The lowest BCUT2D eigenvalue weighted by Gasteiger charge is -2.25. The maximum atomic E-state index is 13.9. The van der Waals surface area contributed by atoms with Crippen LogP contribution < -0.4 is 5.32 Å². The van der Waals surface area contributed by atoms with Crippen molar-refractivity contribution in [3.05, 3.63) is 96.7 Å². The molecule has 0 aliphatic rings. The highest BCUT2D eigenvalue weighted by molar-refractivity contribution is 9.10. The molecular weight excluding hydrogens is 576 g/mol. The summed E-state index contributed by atoms with van der Waals surface area (Å²) < 4.78 is 42.1. The van der Waals surface area contributed by atoms with Crippen LogP contribution in [0.2, 0.25) is 15.2 Å². The number of carbonyl (C=O) groups excluding carboxylic acids is 1. The number of hydrogen-bond donors (Lipinski definition) is 1. The van der Waals surface area contributed by atoms with Crippen LogP contribution in [0.5, 0.6) is 0 Å². The van der Waals surface area contributed by atoms with E-state index >= 15 is 0 Å². The summed E-state index contributed by atoms with van der Waals surface area (Å²) in [5, 5.41) is 3.44. The van der Waals surface area contributed by atoms with E-state index in [4.69, 9.17) is 34.8 Å². The fourth-order valence-electron chi connectivity index (χ4n) is 3.54. The highest BCUT2D eigenvalue weighted by atomic mass is 79.9. The number of nitrogens with one attached hydrogen (secondary N) is 1. The highest BCUT2D eigenvalue weighted by Gasteiger charge is 2.41. The fraction of sp³-hybridized carbons (Fsp3) is 0.250. The molecule has 0 radical (unpaired) electrons. The maximum absolute atomic E-state index is 13.9. The molecule has 3 nitrogen and oxygen atoms in total. The van der Waals surface area contributed by atoms with Gasteiger partial charge in [-0.1, -0.05) is 53.9 Å². The van der Waals surface area contributed by atoms with Gasteiger partial charge in [0.2, 0.25) is 0 Å². The highest BCUT2D eigenvalue weighted by Crippen LogP contribution is 2.43. The van der Waals surface area contributed by atoms with Crippen LogP contribution in [0.15, 0.2) is 59.2 Å². The lowest BCUT2D eigenvalue weighted by Crippen LogP contribution is -2.24. The van der Waals surface area contributed by atoms with Gasteiger partial charge >= 0.3 is 6.18 Å². The molecule has 0 aliphatic carbocycles. The van der Waals surface area contributed by atoms with Crippen LogP contribution in [-0.2, 0) is 6.54 Å². The monoisotopic (exact) mass is 592 g/mol.